The molecule has 0 radical (unpaired) electrons. The van der Waals surface area contributed by atoms with Crippen LogP contribution in [-0.4, -0.2) is 22.4 Å². The highest BCUT2D eigenvalue weighted by molar-refractivity contribution is 6.30. The molecule has 1 aliphatic rings. The molecule has 1 aromatic rings. The minimum atomic E-state index is -0.457. The number of hydrazine groups is 1. The van der Waals surface area contributed by atoms with Crippen molar-refractivity contribution in [3.63, 3.8) is 0 Å². The van der Waals surface area contributed by atoms with Gasteiger partial charge in [0.1, 0.15) is 0 Å². The first-order valence-corrected chi connectivity index (χ1v) is 7.07. The highest BCUT2D eigenvalue weighted by Crippen LogP contribution is 2.32. The Kier molecular flexibility index (Phi) is 4.04. The van der Waals surface area contributed by atoms with Crippen molar-refractivity contribution >= 4 is 23.4 Å². The highest BCUT2D eigenvalue weighted by atomic mass is 35.5. The van der Waals surface area contributed by atoms with Gasteiger partial charge >= 0.3 is 0 Å². The Morgan fingerprint density at radius 2 is 1.75 bits per heavy atom. The maximum Gasteiger partial charge on any atom is 0.269 e. The van der Waals surface area contributed by atoms with E-state index in [9.17, 15) is 9.59 Å². The molecule has 0 atom stereocenters. The molecule has 4 nitrogen and oxygen atoms in total. The molecule has 20 heavy (non-hydrogen) atoms. The molecule has 5 heteroatoms. The third-order valence-electron chi connectivity index (χ3n) is 3.14. The zero-order valence-electron chi connectivity index (χ0n) is 11.9. The van der Waals surface area contributed by atoms with Gasteiger partial charge in [0, 0.05) is 16.5 Å². The number of hydrogen-bond acceptors (Lipinski definition) is 2. The summed E-state index contributed by atoms with van der Waals surface area (Å²) in [6.45, 7) is 5.69. The van der Waals surface area contributed by atoms with Crippen LogP contribution in [0.2, 0.25) is 5.02 Å². The first kappa shape index (κ1) is 14.9. The van der Waals surface area contributed by atoms with Crippen LogP contribution >= 0.6 is 11.6 Å². The minimum absolute atomic E-state index is 0.0141. The standard InChI is InChI=1S/C15H19ClN2O2/c1-15(2,3)18(14(20)11-4-5-11)17-13(19)10-6-8-12(16)9-7-10/h6-9,11H,4-5H2,1-3H3,(H,17,19). The molecule has 108 valence electrons. The molecule has 0 unspecified atom stereocenters. The van der Waals surface area contributed by atoms with Gasteiger partial charge in [-0.2, -0.15) is 0 Å². The van der Waals surface area contributed by atoms with Crippen molar-refractivity contribution in [2.45, 2.75) is 39.2 Å². The topological polar surface area (TPSA) is 49.4 Å². The molecule has 0 bridgehead atoms. The molecule has 1 aromatic carbocycles. The van der Waals surface area contributed by atoms with Gasteiger partial charge in [0.25, 0.3) is 5.91 Å². The number of amides is 2. The van der Waals surface area contributed by atoms with Crippen molar-refractivity contribution in [2.75, 3.05) is 0 Å². The molecule has 0 aromatic heterocycles. The molecule has 1 saturated carbocycles. The zero-order chi connectivity index (χ0) is 14.9. The number of hydrogen-bond donors (Lipinski definition) is 1. The van der Waals surface area contributed by atoms with E-state index in [0.717, 1.165) is 12.8 Å². The van der Waals surface area contributed by atoms with Crippen LogP contribution in [0.5, 0.6) is 0 Å². The maximum atomic E-state index is 12.3. The largest absolute Gasteiger partial charge is 0.273 e. The Morgan fingerprint density at radius 3 is 2.20 bits per heavy atom. The molecule has 1 fully saturated rings. The van der Waals surface area contributed by atoms with E-state index in [1.807, 2.05) is 20.8 Å². The van der Waals surface area contributed by atoms with Gasteiger partial charge in [-0.3, -0.25) is 15.0 Å². The summed E-state index contributed by atoms with van der Waals surface area (Å²) in [6, 6.07) is 6.58. The van der Waals surface area contributed by atoms with Crippen LogP contribution in [0.15, 0.2) is 24.3 Å². The molecule has 0 spiro atoms. The zero-order valence-corrected chi connectivity index (χ0v) is 12.7. The van der Waals surface area contributed by atoms with Crippen LogP contribution in [0, 0.1) is 5.92 Å². The summed E-state index contributed by atoms with van der Waals surface area (Å²) < 4.78 is 0. The van der Waals surface area contributed by atoms with Gasteiger partial charge in [-0.25, -0.2) is 5.01 Å². The predicted octanol–water partition coefficient (Wildman–Crippen LogP) is 3.02. The van der Waals surface area contributed by atoms with Crippen molar-refractivity contribution in [1.82, 2.24) is 10.4 Å². The van der Waals surface area contributed by atoms with Crippen LogP contribution in [0.3, 0.4) is 0 Å². The second-order valence-electron chi connectivity index (χ2n) is 6.07. The van der Waals surface area contributed by atoms with Crippen LogP contribution in [0.4, 0.5) is 0 Å². The van der Waals surface area contributed by atoms with Crippen molar-refractivity contribution in [3.05, 3.63) is 34.9 Å². The van der Waals surface area contributed by atoms with Crippen molar-refractivity contribution < 1.29 is 9.59 Å². The molecule has 0 heterocycles. The second-order valence-corrected chi connectivity index (χ2v) is 6.50. The molecule has 0 aliphatic heterocycles. The van der Waals surface area contributed by atoms with Crippen molar-refractivity contribution in [2.24, 2.45) is 5.92 Å². The van der Waals surface area contributed by atoms with Crippen LogP contribution in [0.25, 0.3) is 0 Å². The van der Waals surface area contributed by atoms with Gasteiger partial charge in [-0.1, -0.05) is 11.6 Å². The molecule has 1 aliphatic carbocycles. The Labute approximate surface area is 124 Å². The average Bonchev–Trinajstić information content (AvgIpc) is 3.18. The van der Waals surface area contributed by atoms with Crippen LogP contribution < -0.4 is 5.43 Å². The fourth-order valence-corrected chi connectivity index (χ4v) is 1.96. The summed E-state index contributed by atoms with van der Waals surface area (Å²) in [5, 5.41) is 2.02. The fraction of sp³-hybridized carbons (Fsp3) is 0.467. The third-order valence-corrected chi connectivity index (χ3v) is 3.39. The first-order valence-electron chi connectivity index (χ1n) is 6.69. The van der Waals surface area contributed by atoms with E-state index in [0.29, 0.717) is 10.6 Å². The number of rotatable bonds is 2. The first-order chi connectivity index (χ1) is 9.29. The van der Waals surface area contributed by atoms with Crippen LogP contribution in [-0.2, 0) is 4.79 Å². The third kappa shape index (κ3) is 3.51. The predicted molar refractivity (Wildman–Crippen MR) is 78.2 cm³/mol. The van der Waals surface area contributed by atoms with Gasteiger partial charge in [0.2, 0.25) is 5.91 Å². The Bertz CT molecular complexity index is 516. The van der Waals surface area contributed by atoms with E-state index < -0.39 is 5.54 Å². The number of nitrogens with zero attached hydrogens (tertiary/aromatic N) is 1. The SMILES string of the molecule is CC(C)(C)N(NC(=O)c1ccc(Cl)cc1)C(=O)C1CC1. The lowest BCUT2D eigenvalue weighted by Crippen LogP contribution is -2.56. The van der Waals surface area contributed by atoms with E-state index in [4.69, 9.17) is 11.6 Å². The van der Waals surface area contributed by atoms with Gasteiger partial charge in [0.05, 0.1) is 5.54 Å². The quantitative estimate of drug-likeness (QED) is 0.852. The van der Waals surface area contributed by atoms with Gasteiger partial charge in [-0.15, -0.1) is 0 Å². The normalized spacial score (nSPS) is 14.8. The van der Waals surface area contributed by atoms with Crippen molar-refractivity contribution in [3.8, 4) is 0 Å². The Balaban J connectivity index is 2.13. The molecule has 2 amide bonds. The lowest BCUT2D eigenvalue weighted by atomic mass is 10.1. The van der Waals surface area contributed by atoms with E-state index in [1.165, 1.54) is 5.01 Å². The molecular formula is C15H19ClN2O2. The molecular weight excluding hydrogens is 276 g/mol. The van der Waals surface area contributed by atoms with Gasteiger partial charge in [-0.05, 0) is 57.9 Å². The van der Waals surface area contributed by atoms with Gasteiger partial charge < -0.3 is 0 Å². The summed E-state index contributed by atoms with van der Waals surface area (Å²) in [6.07, 6.45) is 1.81. The van der Waals surface area contributed by atoms with E-state index in [-0.39, 0.29) is 17.7 Å². The minimum Gasteiger partial charge on any atom is -0.273 e. The van der Waals surface area contributed by atoms with Crippen LogP contribution in [0.1, 0.15) is 44.0 Å². The van der Waals surface area contributed by atoms with Gasteiger partial charge in [0.15, 0.2) is 0 Å². The van der Waals surface area contributed by atoms with E-state index in [2.05, 4.69) is 5.43 Å². The Morgan fingerprint density at radius 1 is 1.20 bits per heavy atom. The van der Waals surface area contributed by atoms with E-state index >= 15 is 0 Å². The molecule has 1 N–H and O–H groups in total. The molecule has 2 rings (SSSR count). The summed E-state index contributed by atoms with van der Waals surface area (Å²) in [4.78, 5) is 24.5. The maximum absolute atomic E-state index is 12.3. The summed E-state index contributed by atoms with van der Waals surface area (Å²) in [7, 11) is 0. The number of benzene rings is 1. The van der Waals surface area contributed by atoms with E-state index in [1.54, 1.807) is 24.3 Å². The lowest BCUT2D eigenvalue weighted by Gasteiger charge is -2.35. The number of carbonyl (C=O) groups is 2. The smallest absolute Gasteiger partial charge is 0.269 e. The Hall–Kier alpha value is -1.55. The summed E-state index contributed by atoms with van der Waals surface area (Å²) in [5.74, 6) is -0.259. The fourth-order valence-electron chi connectivity index (χ4n) is 1.83. The number of nitrogens with one attached hydrogen (secondary N) is 1. The molecule has 0 saturated heterocycles. The second kappa shape index (κ2) is 5.44. The summed E-state index contributed by atoms with van der Waals surface area (Å²) in [5.41, 5.74) is 2.74. The lowest BCUT2D eigenvalue weighted by molar-refractivity contribution is -0.140. The summed E-state index contributed by atoms with van der Waals surface area (Å²) >= 11 is 5.80. The number of halogens is 1. The van der Waals surface area contributed by atoms with Crippen molar-refractivity contribution in [1.29, 1.82) is 0 Å². The average molecular weight is 295 g/mol. The monoisotopic (exact) mass is 294 g/mol. The highest BCUT2D eigenvalue weighted by Gasteiger charge is 2.38. The number of carbonyl (C=O) groups excluding carboxylic acids is 2.